The van der Waals surface area contributed by atoms with Gasteiger partial charge in [-0.3, -0.25) is 4.79 Å². The maximum absolute atomic E-state index is 12.3. The van der Waals surface area contributed by atoms with Crippen molar-refractivity contribution in [3.63, 3.8) is 0 Å². The molecule has 0 bridgehead atoms. The van der Waals surface area contributed by atoms with Gasteiger partial charge in [-0.1, -0.05) is 54.2 Å². The van der Waals surface area contributed by atoms with Crippen LogP contribution in [0.15, 0.2) is 100 Å². The quantitative estimate of drug-likeness (QED) is 0.403. The van der Waals surface area contributed by atoms with Crippen LogP contribution in [0, 0.1) is 0 Å². The van der Waals surface area contributed by atoms with Crippen molar-refractivity contribution >= 4 is 23.2 Å². The number of hydrogen-bond acceptors (Lipinski definition) is 4. The molecule has 3 aromatic carbocycles. The number of ketones is 1. The van der Waals surface area contributed by atoms with Crippen LogP contribution in [0.1, 0.15) is 17.3 Å². The lowest BCUT2D eigenvalue weighted by Gasteiger charge is -2.12. The Kier molecular flexibility index (Phi) is 6.34. The molecule has 0 aliphatic carbocycles. The van der Waals surface area contributed by atoms with Gasteiger partial charge < -0.3 is 10.1 Å². The van der Waals surface area contributed by atoms with E-state index in [0.717, 1.165) is 26.9 Å². The van der Waals surface area contributed by atoms with Crippen molar-refractivity contribution in [1.82, 2.24) is 0 Å². The fraction of sp³-hybridized carbons (Fsp3) is 0.0870. The van der Waals surface area contributed by atoms with Crippen molar-refractivity contribution in [1.29, 1.82) is 0 Å². The van der Waals surface area contributed by atoms with Gasteiger partial charge in [0.2, 0.25) is 0 Å². The highest BCUT2D eigenvalue weighted by Crippen LogP contribution is 2.34. The molecule has 136 valence electrons. The number of hydrogen-bond donors (Lipinski definition) is 1. The maximum Gasteiger partial charge on any atom is 0.187 e. The predicted octanol–water partition coefficient (Wildman–Crippen LogP) is 6.05. The second kappa shape index (κ2) is 9.10. The molecule has 0 saturated heterocycles. The van der Waals surface area contributed by atoms with Crippen LogP contribution in [0.2, 0.25) is 0 Å². The van der Waals surface area contributed by atoms with Crippen LogP contribution in [0.5, 0.6) is 5.75 Å². The molecule has 27 heavy (non-hydrogen) atoms. The maximum atomic E-state index is 12.3. The Morgan fingerprint density at radius 1 is 0.926 bits per heavy atom. The molecule has 3 aromatic rings. The largest absolute Gasteiger partial charge is 0.497 e. The number of benzene rings is 3. The van der Waals surface area contributed by atoms with Gasteiger partial charge in [0.25, 0.3) is 0 Å². The number of rotatable bonds is 7. The second-order valence-corrected chi connectivity index (χ2v) is 7.07. The Labute approximate surface area is 164 Å². The molecule has 4 heteroatoms. The molecule has 3 nitrogen and oxygen atoms in total. The van der Waals surface area contributed by atoms with Crippen LogP contribution in [0.4, 0.5) is 5.69 Å². The fourth-order valence-corrected chi connectivity index (χ4v) is 3.46. The average Bonchev–Trinajstić information content (AvgIpc) is 2.70. The van der Waals surface area contributed by atoms with Crippen molar-refractivity contribution in [2.45, 2.75) is 16.7 Å². The Morgan fingerprint density at radius 3 is 2.30 bits per heavy atom. The first-order valence-corrected chi connectivity index (χ1v) is 9.43. The number of ether oxygens (including phenoxy) is 1. The van der Waals surface area contributed by atoms with E-state index >= 15 is 0 Å². The average molecular weight is 375 g/mol. The summed E-state index contributed by atoms with van der Waals surface area (Å²) < 4.78 is 5.21. The number of carbonyl (C=O) groups excluding carboxylic acids is 1. The number of para-hydroxylation sites is 1. The molecule has 0 spiro atoms. The second-order valence-electron chi connectivity index (χ2n) is 5.96. The van der Waals surface area contributed by atoms with Crippen LogP contribution >= 0.6 is 11.8 Å². The number of methoxy groups -OCH3 is 1. The number of carbonyl (C=O) groups is 1. The fourth-order valence-electron chi connectivity index (χ4n) is 2.56. The molecule has 0 unspecified atom stereocenters. The van der Waals surface area contributed by atoms with E-state index in [1.807, 2.05) is 79.7 Å². The molecule has 0 radical (unpaired) electrons. The van der Waals surface area contributed by atoms with Crippen LogP contribution in [-0.2, 0) is 0 Å². The number of anilines is 1. The standard InChI is InChI=1S/C23H21NO2S/c1-17(16-22(25)18-8-4-3-5-9-18)24-21-10-6-7-11-23(21)27-20-14-12-19(26-2)13-15-20/h3-16,24H,1-2H3/b17-16-. The van der Waals surface area contributed by atoms with Gasteiger partial charge in [0.05, 0.1) is 12.8 Å². The zero-order valence-corrected chi connectivity index (χ0v) is 16.1. The summed E-state index contributed by atoms with van der Waals surface area (Å²) in [4.78, 5) is 14.6. The van der Waals surface area contributed by atoms with Crippen LogP contribution in [0.3, 0.4) is 0 Å². The summed E-state index contributed by atoms with van der Waals surface area (Å²) in [5.41, 5.74) is 2.44. The van der Waals surface area contributed by atoms with E-state index in [2.05, 4.69) is 11.4 Å². The van der Waals surface area contributed by atoms with Gasteiger partial charge in [-0.05, 0) is 43.3 Å². The molecule has 0 fully saturated rings. The zero-order chi connectivity index (χ0) is 19.1. The lowest BCUT2D eigenvalue weighted by Crippen LogP contribution is -2.02. The van der Waals surface area contributed by atoms with Crippen molar-refractivity contribution in [3.05, 3.63) is 96.2 Å². The highest BCUT2D eigenvalue weighted by molar-refractivity contribution is 7.99. The summed E-state index contributed by atoms with van der Waals surface area (Å²) in [5.74, 6) is 0.824. The van der Waals surface area contributed by atoms with E-state index in [4.69, 9.17) is 4.74 Å². The summed E-state index contributed by atoms with van der Waals surface area (Å²) >= 11 is 1.66. The predicted molar refractivity (Wildman–Crippen MR) is 112 cm³/mol. The van der Waals surface area contributed by atoms with Gasteiger partial charge in [0.15, 0.2) is 5.78 Å². The molecule has 0 amide bonds. The SMILES string of the molecule is COc1ccc(Sc2ccccc2N/C(C)=C\C(=O)c2ccccc2)cc1. The van der Waals surface area contributed by atoms with Gasteiger partial charge in [-0.25, -0.2) is 0 Å². The third kappa shape index (κ3) is 5.25. The highest BCUT2D eigenvalue weighted by Gasteiger charge is 2.07. The monoisotopic (exact) mass is 375 g/mol. The molecule has 0 aliphatic rings. The van der Waals surface area contributed by atoms with Crippen LogP contribution in [0.25, 0.3) is 0 Å². The third-order valence-electron chi connectivity index (χ3n) is 3.91. The molecule has 1 N–H and O–H groups in total. The van der Waals surface area contributed by atoms with E-state index in [1.54, 1.807) is 24.9 Å². The van der Waals surface area contributed by atoms with Gasteiger partial charge in [-0.15, -0.1) is 0 Å². The Morgan fingerprint density at radius 2 is 1.59 bits per heavy atom. The normalized spacial score (nSPS) is 11.1. The van der Waals surface area contributed by atoms with E-state index in [9.17, 15) is 4.79 Å². The molecule has 0 atom stereocenters. The summed E-state index contributed by atoms with van der Waals surface area (Å²) in [7, 11) is 1.66. The van der Waals surface area contributed by atoms with Crippen molar-refractivity contribution < 1.29 is 9.53 Å². The Balaban J connectivity index is 1.75. The van der Waals surface area contributed by atoms with Crippen LogP contribution < -0.4 is 10.1 Å². The van der Waals surface area contributed by atoms with Crippen LogP contribution in [-0.4, -0.2) is 12.9 Å². The van der Waals surface area contributed by atoms with Gasteiger partial charge in [0, 0.05) is 27.1 Å². The molecule has 0 aliphatic heterocycles. The van der Waals surface area contributed by atoms with E-state index in [-0.39, 0.29) is 5.78 Å². The molecule has 0 heterocycles. The Bertz CT molecular complexity index is 934. The lowest BCUT2D eigenvalue weighted by atomic mass is 10.1. The number of nitrogens with one attached hydrogen (secondary N) is 1. The lowest BCUT2D eigenvalue weighted by molar-refractivity contribution is 0.104. The summed E-state index contributed by atoms with van der Waals surface area (Å²) in [6.07, 6.45) is 1.63. The molecule has 3 rings (SSSR count). The first kappa shape index (κ1) is 18.8. The van der Waals surface area contributed by atoms with E-state index in [1.165, 1.54) is 0 Å². The Hall–Kier alpha value is -2.98. The zero-order valence-electron chi connectivity index (χ0n) is 15.3. The number of allylic oxidation sites excluding steroid dienone is 2. The topological polar surface area (TPSA) is 38.3 Å². The van der Waals surface area contributed by atoms with Crippen molar-refractivity contribution in [2.24, 2.45) is 0 Å². The first-order chi connectivity index (χ1) is 13.2. The summed E-state index contributed by atoms with van der Waals surface area (Å²) in [5, 5.41) is 3.35. The highest BCUT2D eigenvalue weighted by atomic mass is 32.2. The van der Waals surface area contributed by atoms with E-state index in [0.29, 0.717) is 5.56 Å². The minimum atomic E-state index is -0.0131. The summed E-state index contributed by atoms with van der Waals surface area (Å²) in [6, 6.07) is 25.3. The molecule has 0 saturated carbocycles. The van der Waals surface area contributed by atoms with E-state index < -0.39 is 0 Å². The van der Waals surface area contributed by atoms with Gasteiger partial charge >= 0.3 is 0 Å². The third-order valence-corrected chi connectivity index (χ3v) is 5.00. The molecular formula is C23H21NO2S. The minimum Gasteiger partial charge on any atom is -0.497 e. The van der Waals surface area contributed by atoms with Gasteiger partial charge in [0.1, 0.15) is 5.75 Å². The van der Waals surface area contributed by atoms with Crippen molar-refractivity contribution in [2.75, 3.05) is 12.4 Å². The van der Waals surface area contributed by atoms with Gasteiger partial charge in [-0.2, -0.15) is 0 Å². The summed E-state index contributed by atoms with van der Waals surface area (Å²) in [6.45, 7) is 1.90. The minimum absolute atomic E-state index is 0.0131. The van der Waals surface area contributed by atoms with Crippen molar-refractivity contribution in [3.8, 4) is 5.75 Å². The first-order valence-electron chi connectivity index (χ1n) is 8.61. The molecule has 0 aromatic heterocycles. The molecular weight excluding hydrogens is 354 g/mol. The smallest absolute Gasteiger partial charge is 0.187 e.